The van der Waals surface area contributed by atoms with Crippen LogP contribution in [0, 0.1) is 18.6 Å². The van der Waals surface area contributed by atoms with Crippen LogP contribution in [-0.4, -0.2) is 17.5 Å². The van der Waals surface area contributed by atoms with Gasteiger partial charge in [-0.15, -0.1) is 0 Å². The highest BCUT2D eigenvalue weighted by molar-refractivity contribution is 7.99. The molecule has 0 saturated carbocycles. The minimum atomic E-state index is -0.348. The van der Waals surface area contributed by atoms with Crippen molar-refractivity contribution in [2.24, 2.45) is 0 Å². The quantitative estimate of drug-likeness (QED) is 0.743. The van der Waals surface area contributed by atoms with E-state index in [0.29, 0.717) is 11.1 Å². The summed E-state index contributed by atoms with van der Waals surface area (Å²) in [5.41, 5.74) is 0.749. The zero-order chi connectivity index (χ0) is 14.4. The van der Waals surface area contributed by atoms with E-state index in [9.17, 15) is 8.78 Å². The first-order valence-corrected chi connectivity index (χ1v) is 7.90. The van der Waals surface area contributed by atoms with E-state index in [-0.39, 0.29) is 23.7 Å². The molecule has 0 aliphatic rings. The van der Waals surface area contributed by atoms with E-state index < -0.39 is 0 Å². The van der Waals surface area contributed by atoms with Crippen molar-refractivity contribution in [3.05, 3.63) is 34.9 Å². The number of aryl methyl sites for hydroxylation is 1. The Kier molecular flexibility index (Phi) is 6.80. The van der Waals surface area contributed by atoms with Crippen molar-refractivity contribution in [2.75, 3.05) is 11.5 Å². The van der Waals surface area contributed by atoms with Crippen LogP contribution >= 0.6 is 11.8 Å². The molecule has 1 aromatic rings. The minimum Gasteiger partial charge on any atom is -0.308 e. The van der Waals surface area contributed by atoms with Crippen molar-refractivity contribution < 1.29 is 8.78 Å². The van der Waals surface area contributed by atoms with Gasteiger partial charge in [-0.25, -0.2) is 8.78 Å². The van der Waals surface area contributed by atoms with Crippen LogP contribution in [0.5, 0.6) is 0 Å². The first-order chi connectivity index (χ1) is 8.95. The van der Waals surface area contributed by atoms with E-state index in [2.05, 4.69) is 19.2 Å². The van der Waals surface area contributed by atoms with Crippen LogP contribution in [0.15, 0.2) is 12.1 Å². The molecule has 0 aliphatic heterocycles. The Morgan fingerprint density at radius 1 is 1.21 bits per heavy atom. The maximum Gasteiger partial charge on any atom is 0.128 e. The van der Waals surface area contributed by atoms with Gasteiger partial charge < -0.3 is 5.32 Å². The molecule has 0 heterocycles. The molecule has 0 spiro atoms. The highest BCUT2D eigenvalue weighted by Crippen LogP contribution is 2.21. The van der Waals surface area contributed by atoms with Gasteiger partial charge in [-0.2, -0.15) is 11.8 Å². The highest BCUT2D eigenvalue weighted by Gasteiger charge is 2.15. The average molecular weight is 287 g/mol. The zero-order valence-corrected chi connectivity index (χ0v) is 12.9. The smallest absolute Gasteiger partial charge is 0.128 e. The van der Waals surface area contributed by atoms with Crippen LogP contribution in [0.2, 0.25) is 0 Å². The van der Waals surface area contributed by atoms with Crippen molar-refractivity contribution in [3.8, 4) is 0 Å². The molecule has 0 radical (unpaired) electrons. The molecule has 1 nitrogen and oxygen atoms in total. The lowest BCUT2D eigenvalue weighted by Gasteiger charge is -2.21. The molecule has 1 aromatic carbocycles. The molecule has 0 saturated heterocycles. The van der Waals surface area contributed by atoms with Crippen LogP contribution in [-0.2, 0) is 0 Å². The molecule has 0 amide bonds. The monoisotopic (exact) mass is 287 g/mol. The number of hydrogen-bond acceptors (Lipinski definition) is 2. The number of benzene rings is 1. The molecular formula is C15H23F2NS. The van der Waals surface area contributed by atoms with E-state index in [1.165, 1.54) is 12.1 Å². The third-order valence-electron chi connectivity index (χ3n) is 3.18. The third-order valence-corrected chi connectivity index (χ3v) is 4.11. The molecule has 0 aliphatic carbocycles. The van der Waals surface area contributed by atoms with E-state index >= 15 is 0 Å². The van der Waals surface area contributed by atoms with Gasteiger partial charge in [-0.05, 0) is 56.4 Å². The zero-order valence-electron chi connectivity index (χ0n) is 12.1. The molecule has 0 bridgehead atoms. The number of hydrogen-bond donors (Lipinski definition) is 1. The van der Waals surface area contributed by atoms with Gasteiger partial charge in [0.1, 0.15) is 11.6 Å². The molecule has 1 N–H and O–H groups in total. The summed E-state index contributed by atoms with van der Waals surface area (Å²) in [6.45, 7) is 7.66. The van der Waals surface area contributed by atoms with Crippen molar-refractivity contribution >= 4 is 11.8 Å². The highest BCUT2D eigenvalue weighted by atomic mass is 32.2. The number of nitrogens with one attached hydrogen (secondary N) is 1. The molecule has 2 atom stereocenters. The maximum atomic E-state index is 13.8. The first kappa shape index (κ1) is 16.4. The molecule has 2 unspecified atom stereocenters. The van der Waals surface area contributed by atoms with Crippen molar-refractivity contribution in [3.63, 3.8) is 0 Å². The second-order valence-corrected chi connectivity index (χ2v) is 6.29. The maximum absolute atomic E-state index is 13.8. The summed E-state index contributed by atoms with van der Waals surface area (Å²) in [4.78, 5) is 0. The lowest BCUT2D eigenvalue weighted by molar-refractivity contribution is 0.452. The summed E-state index contributed by atoms with van der Waals surface area (Å²) >= 11 is 1.89. The molecule has 0 aromatic heterocycles. The molecule has 108 valence electrons. The van der Waals surface area contributed by atoms with Crippen LogP contribution in [0.1, 0.15) is 44.4 Å². The fourth-order valence-corrected chi connectivity index (χ4v) is 2.81. The van der Waals surface area contributed by atoms with Crippen LogP contribution in [0.3, 0.4) is 0 Å². The SMILES string of the molecule is CCSCCC(C)NC(C)c1cc(F)c(C)cc1F. The van der Waals surface area contributed by atoms with Crippen LogP contribution in [0.4, 0.5) is 8.78 Å². The summed E-state index contributed by atoms with van der Waals surface area (Å²) in [5, 5.41) is 3.32. The molecule has 1 rings (SSSR count). The first-order valence-electron chi connectivity index (χ1n) is 6.75. The van der Waals surface area contributed by atoms with E-state index in [1.54, 1.807) is 6.92 Å². The third kappa shape index (κ3) is 5.11. The van der Waals surface area contributed by atoms with E-state index in [1.807, 2.05) is 18.7 Å². The van der Waals surface area contributed by atoms with Gasteiger partial charge in [0, 0.05) is 17.6 Å². The topological polar surface area (TPSA) is 12.0 Å². The van der Waals surface area contributed by atoms with Crippen LogP contribution < -0.4 is 5.32 Å². The summed E-state index contributed by atoms with van der Waals surface area (Å²) in [6, 6.07) is 2.67. The van der Waals surface area contributed by atoms with Crippen LogP contribution in [0.25, 0.3) is 0 Å². The van der Waals surface area contributed by atoms with Gasteiger partial charge in [-0.1, -0.05) is 6.92 Å². The summed E-state index contributed by atoms with van der Waals surface area (Å²) in [7, 11) is 0. The normalized spacial score (nSPS) is 14.4. The average Bonchev–Trinajstić information content (AvgIpc) is 2.34. The minimum absolute atomic E-state index is 0.184. The lowest BCUT2D eigenvalue weighted by atomic mass is 10.0. The van der Waals surface area contributed by atoms with Crippen molar-refractivity contribution in [1.82, 2.24) is 5.32 Å². The van der Waals surface area contributed by atoms with Gasteiger partial charge in [0.05, 0.1) is 0 Å². The summed E-state index contributed by atoms with van der Waals surface area (Å²) in [5.74, 6) is 1.51. The number of halogens is 2. The predicted molar refractivity (Wildman–Crippen MR) is 79.7 cm³/mol. The Balaban J connectivity index is 2.62. The summed E-state index contributed by atoms with van der Waals surface area (Å²) < 4.78 is 27.3. The molecule has 0 fully saturated rings. The Hall–Kier alpha value is -0.610. The van der Waals surface area contributed by atoms with E-state index in [4.69, 9.17) is 0 Å². The van der Waals surface area contributed by atoms with Gasteiger partial charge in [0.2, 0.25) is 0 Å². The Bertz CT molecular complexity index is 409. The fraction of sp³-hybridized carbons (Fsp3) is 0.600. The van der Waals surface area contributed by atoms with Gasteiger partial charge in [0.15, 0.2) is 0 Å². The number of thioether (sulfide) groups is 1. The number of rotatable bonds is 7. The predicted octanol–water partition coefficient (Wildman–Crippen LogP) is 4.46. The Labute approximate surface area is 119 Å². The van der Waals surface area contributed by atoms with Gasteiger partial charge in [0.25, 0.3) is 0 Å². The van der Waals surface area contributed by atoms with Crippen molar-refractivity contribution in [2.45, 2.75) is 46.2 Å². The molecule has 19 heavy (non-hydrogen) atoms. The largest absolute Gasteiger partial charge is 0.308 e. The standard InChI is InChI=1S/C15H23F2NS/c1-5-19-7-6-11(3)18-12(4)13-9-14(16)10(2)8-15(13)17/h8-9,11-12,18H,5-7H2,1-4H3. The van der Waals surface area contributed by atoms with Gasteiger partial charge in [-0.3, -0.25) is 0 Å². The fourth-order valence-electron chi connectivity index (χ4n) is 2.00. The Morgan fingerprint density at radius 3 is 2.53 bits per heavy atom. The lowest BCUT2D eigenvalue weighted by Crippen LogP contribution is -2.30. The van der Waals surface area contributed by atoms with Crippen molar-refractivity contribution in [1.29, 1.82) is 0 Å². The molecule has 4 heteroatoms. The second kappa shape index (κ2) is 7.85. The molecular weight excluding hydrogens is 264 g/mol. The summed E-state index contributed by atoms with van der Waals surface area (Å²) in [6.07, 6.45) is 1.03. The second-order valence-electron chi connectivity index (χ2n) is 4.90. The van der Waals surface area contributed by atoms with Gasteiger partial charge >= 0.3 is 0 Å². The Morgan fingerprint density at radius 2 is 1.89 bits per heavy atom. The van der Waals surface area contributed by atoms with E-state index in [0.717, 1.165) is 17.9 Å².